The molecule has 4 nitrogen and oxygen atoms in total. The summed E-state index contributed by atoms with van der Waals surface area (Å²) in [6.45, 7) is 1.29. The monoisotopic (exact) mass is 274 g/mol. The van der Waals surface area contributed by atoms with Gasteiger partial charge in [-0.2, -0.15) is 0 Å². The van der Waals surface area contributed by atoms with Crippen LogP contribution < -0.4 is 11.5 Å². The average molecular weight is 274 g/mol. The van der Waals surface area contributed by atoms with Crippen LogP contribution in [0.4, 0.5) is 0 Å². The molecule has 0 spiro atoms. The fourth-order valence-electron chi connectivity index (χ4n) is 1.70. The van der Waals surface area contributed by atoms with E-state index in [1.165, 1.54) is 17.7 Å². The minimum absolute atomic E-state index is 0.0871. The zero-order valence-electron chi connectivity index (χ0n) is 11.5. The third kappa shape index (κ3) is 5.73. The first-order valence-electron chi connectivity index (χ1n) is 6.62. The molecular formula is C16H22N2O2. The number of hydrogen-bond donors (Lipinski definition) is 4. The minimum atomic E-state index is -0.0919. The number of benzene rings is 2. The van der Waals surface area contributed by atoms with Crippen LogP contribution in [0.2, 0.25) is 0 Å². The Hall–Kier alpha value is -2.04. The molecule has 2 rings (SSSR count). The molecule has 6 N–H and O–H groups in total. The third-order valence-electron chi connectivity index (χ3n) is 2.75. The van der Waals surface area contributed by atoms with Crippen LogP contribution in [0.15, 0.2) is 48.5 Å². The maximum Gasteiger partial charge on any atom is 0.157 e. The standard InChI is InChI=1S/C8H11NO2.C8H11N/c9-4-3-6-1-2-7(10)8(11)5-6;9-7-6-8-4-2-1-3-5-8/h1-2,5,10-11H,3-4,9H2;1-5H,6-7,9H2. The van der Waals surface area contributed by atoms with Crippen molar-refractivity contribution in [2.75, 3.05) is 13.1 Å². The molecule has 20 heavy (non-hydrogen) atoms. The predicted molar refractivity (Wildman–Crippen MR) is 81.7 cm³/mol. The summed E-state index contributed by atoms with van der Waals surface area (Å²) >= 11 is 0. The Morgan fingerprint density at radius 3 is 1.85 bits per heavy atom. The zero-order valence-corrected chi connectivity index (χ0v) is 11.5. The largest absolute Gasteiger partial charge is 0.504 e. The molecule has 0 aliphatic rings. The van der Waals surface area contributed by atoms with Gasteiger partial charge < -0.3 is 21.7 Å². The lowest BCUT2D eigenvalue weighted by atomic mass is 10.1. The topological polar surface area (TPSA) is 92.5 Å². The molecule has 0 amide bonds. The Balaban J connectivity index is 0.000000204. The van der Waals surface area contributed by atoms with E-state index in [4.69, 9.17) is 21.7 Å². The molecule has 108 valence electrons. The molecule has 0 radical (unpaired) electrons. The van der Waals surface area contributed by atoms with Crippen LogP contribution in [0.5, 0.6) is 11.5 Å². The number of phenolic OH excluding ortho intramolecular Hbond substituents is 2. The number of hydrogen-bond acceptors (Lipinski definition) is 4. The van der Waals surface area contributed by atoms with Gasteiger partial charge in [-0.15, -0.1) is 0 Å². The first kappa shape index (κ1) is 16.0. The van der Waals surface area contributed by atoms with Gasteiger partial charge >= 0.3 is 0 Å². The maximum absolute atomic E-state index is 9.04. The molecule has 0 saturated carbocycles. The van der Waals surface area contributed by atoms with E-state index in [0.29, 0.717) is 13.0 Å². The second-order valence-electron chi connectivity index (χ2n) is 4.39. The first-order valence-corrected chi connectivity index (χ1v) is 6.62. The summed E-state index contributed by atoms with van der Waals surface area (Å²) in [5, 5.41) is 18.0. The summed E-state index contributed by atoms with van der Waals surface area (Å²) in [5.74, 6) is -0.179. The second kappa shape index (κ2) is 8.96. The van der Waals surface area contributed by atoms with Gasteiger partial charge in [0.2, 0.25) is 0 Å². The SMILES string of the molecule is NCCc1ccc(O)c(O)c1.NCCc1ccccc1. The normalized spacial score (nSPS) is 9.70. The fourth-order valence-corrected chi connectivity index (χ4v) is 1.70. The van der Waals surface area contributed by atoms with Gasteiger partial charge in [0.1, 0.15) is 0 Å². The van der Waals surface area contributed by atoms with Crippen LogP contribution in [-0.4, -0.2) is 23.3 Å². The maximum atomic E-state index is 9.04. The van der Waals surface area contributed by atoms with Gasteiger partial charge in [-0.3, -0.25) is 0 Å². The van der Waals surface area contributed by atoms with Crippen LogP contribution in [-0.2, 0) is 12.8 Å². The molecule has 0 atom stereocenters. The van der Waals surface area contributed by atoms with Crippen LogP contribution >= 0.6 is 0 Å². The van der Waals surface area contributed by atoms with Crippen molar-refractivity contribution in [3.63, 3.8) is 0 Å². The van der Waals surface area contributed by atoms with Crippen molar-refractivity contribution in [3.8, 4) is 11.5 Å². The van der Waals surface area contributed by atoms with Crippen LogP contribution in [0, 0.1) is 0 Å². The number of aromatic hydroxyl groups is 2. The summed E-state index contributed by atoms with van der Waals surface area (Å²) in [6.07, 6.45) is 1.70. The van der Waals surface area contributed by atoms with Gasteiger partial charge in [-0.25, -0.2) is 0 Å². The Kier molecular flexibility index (Phi) is 7.17. The van der Waals surface area contributed by atoms with Gasteiger partial charge in [0.05, 0.1) is 0 Å². The molecule has 4 heteroatoms. The van der Waals surface area contributed by atoms with Gasteiger partial charge in [0.15, 0.2) is 11.5 Å². The van der Waals surface area contributed by atoms with E-state index in [1.54, 1.807) is 6.07 Å². The first-order chi connectivity index (χ1) is 9.67. The fraction of sp³-hybridized carbons (Fsp3) is 0.250. The highest BCUT2D eigenvalue weighted by Crippen LogP contribution is 2.24. The molecule has 0 unspecified atom stereocenters. The molecule has 0 aliphatic carbocycles. The summed E-state index contributed by atoms with van der Waals surface area (Å²) in [7, 11) is 0. The zero-order chi connectivity index (χ0) is 14.8. The van der Waals surface area contributed by atoms with Gasteiger partial charge in [0.25, 0.3) is 0 Å². The molecule has 0 saturated heterocycles. The third-order valence-corrected chi connectivity index (χ3v) is 2.75. The van der Waals surface area contributed by atoms with Crippen LogP contribution in [0.25, 0.3) is 0 Å². The Morgan fingerprint density at radius 1 is 0.700 bits per heavy atom. The van der Waals surface area contributed by atoms with E-state index in [2.05, 4.69) is 12.1 Å². The van der Waals surface area contributed by atoms with E-state index in [1.807, 2.05) is 18.2 Å². The van der Waals surface area contributed by atoms with Crippen molar-refractivity contribution in [2.24, 2.45) is 11.5 Å². The van der Waals surface area contributed by atoms with E-state index in [9.17, 15) is 0 Å². The second-order valence-corrected chi connectivity index (χ2v) is 4.39. The van der Waals surface area contributed by atoms with Crippen LogP contribution in [0.1, 0.15) is 11.1 Å². The van der Waals surface area contributed by atoms with Crippen molar-refractivity contribution in [2.45, 2.75) is 12.8 Å². The van der Waals surface area contributed by atoms with Crippen molar-refractivity contribution in [1.82, 2.24) is 0 Å². The molecular weight excluding hydrogens is 252 g/mol. The quantitative estimate of drug-likeness (QED) is 0.639. The van der Waals surface area contributed by atoms with Gasteiger partial charge in [-0.1, -0.05) is 36.4 Å². The molecule has 0 heterocycles. The molecule has 0 aliphatic heterocycles. The lowest BCUT2D eigenvalue weighted by molar-refractivity contribution is 0.403. The smallest absolute Gasteiger partial charge is 0.157 e. The lowest BCUT2D eigenvalue weighted by Gasteiger charge is -2.00. The van der Waals surface area contributed by atoms with Crippen molar-refractivity contribution >= 4 is 0 Å². The molecule has 0 aromatic heterocycles. The number of nitrogens with two attached hydrogens (primary N) is 2. The molecule has 2 aromatic rings. The summed E-state index contributed by atoms with van der Waals surface area (Å²) < 4.78 is 0. The lowest BCUT2D eigenvalue weighted by Crippen LogP contribution is -2.02. The van der Waals surface area contributed by atoms with Crippen LogP contribution in [0.3, 0.4) is 0 Å². The van der Waals surface area contributed by atoms with E-state index >= 15 is 0 Å². The van der Waals surface area contributed by atoms with Crippen molar-refractivity contribution in [1.29, 1.82) is 0 Å². The Bertz CT molecular complexity index is 501. The highest BCUT2D eigenvalue weighted by Gasteiger charge is 1.98. The number of rotatable bonds is 4. The Morgan fingerprint density at radius 2 is 1.30 bits per heavy atom. The van der Waals surface area contributed by atoms with Crippen molar-refractivity contribution < 1.29 is 10.2 Å². The average Bonchev–Trinajstić information content (AvgIpc) is 2.46. The highest BCUT2D eigenvalue weighted by molar-refractivity contribution is 5.40. The minimum Gasteiger partial charge on any atom is -0.504 e. The summed E-state index contributed by atoms with van der Waals surface area (Å²) in [5.41, 5.74) is 12.9. The van der Waals surface area contributed by atoms with E-state index in [0.717, 1.165) is 18.5 Å². The summed E-state index contributed by atoms with van der Waals surface area (Å²) in [6, 6.07) is 15.0. The molecule has 0 bridgehead atoms. The predicted octanol–water partition coefficient (Wildman–Crippen LogP) is 1.79. The Labute approximate surface area is 119 Å². The summed E-state index contributed by atoms with van der Waals surface area (Å²) in [4.78, 5) is 0. The number of phenols is 2. The van der Waals surface area contributed by atoms with E-state index < -0.39 is 0 Å². The van der Waals surface area contributed by atoms with E-state index in [-0.39, 0.29) is 11.5 Å². The van der Waals surface area contributed by atoms with Gasteiger partial charge in [-0.05, 0) is 49.2 Å². The molecule has 0 fully saturated rings. The highest BCUT2D eigenvalue weighted by atomic mass is 16.3. The van der Waals surface area contributed by atoms with Gasteiger partial charge in [0, 0.05) is 0 Å². The van der Waals surface area contributed by atoms with Crippen molar-refractivity contribution in [3.05, 3.63) is 59.7 Å². The molecule has 2 aromatic carbocycles.